The first-order valence-electron chi connectivity index (χ1n) is 6.31. The molecular weight excluding hydrogens is 294 g/mol. The zero-order chi connectivity index (χ0) is 15.2. The number of carbonyl (C=O) groups excluding carboxylic acids is 1. The molecule has 0 aliphatic rings. The van der Waals surface area contributed by atoms with Crippen LogP contribution in [-0.2, 0) is 16.1 Å². The van der Waals surface area contributed by atoms with Crippen molar-refractivity contribution in [1.29, 1.82) is 0 Å². The summed E-state index contributed by atoms with van der Waals surface area (Å²) in [5.41, 5.74) is 0.507. The number of carboxylic acids is 1. The maximum atomic E-state index is 12.2. The first-order valence-corrected chi connectivity index (χ1v) is 6.69. The normalized spacial score (nSPS) is 10.3. The van der Waals surface area contributed by atoms with E-state index in [9.17, 15) is 9.59 Å². The Hall–Kier alpha value is -2.34. The number of hydrogen-bond acceptors (Lipinski definition) is 3. The molecule has 110 valence electrons. The molecule has 1 aromatic heterocycles. The second-order valence-electron chi connectivity index (χ2n) is 4.37. The number of hydrogen-bond donors (Lipinski definition) is 1. The molecule has 0 fully saturated rings. The van der Waals surface area contributed by atoms with Crippen LogP contribution in [-0.4, -0.2) is 33.3 Å². The summed E-state index contributed by atoms with van der Waals surface area (Å²) in [4.78, 5) is 24.4. The molecule has 1 heterocycles. The summed E-state index contributed by atoms with van der Waals surface area (Å²) in [6.07, 6.45) is 3.54. The molecule has 1 N–H and O–H groups in total. The van der Waals surface area contributed by atoms with Crippen LogP contribution in [0.2, 0.25) is 5.02 Å². The van der Waals surface area contributed by atoms with Gasteiger partial charge in [0.15, 0.2) is 0 Å². The fraction of sp³-hybridized carbons (Fsp3) is 0.214. The smallest absolute Gasteiger partial charge is 0.323 e. The number of carboxylic acid groups (broad SMARTS) is 1. The van der Waals surface area contributed by atoms with Crippen LogP contribution in [0.25, 0.3) is 0 Å². The standard InChI is InChI=1S/C14H14ClN3O3/c15-11-2-4-12(5-3-11)18(10-14(20)21)13(19)6-9-17-8-1-7-16-17/h1-5,7-8H,6,9-10H2,(H,20,21). The minimum absolute atomic E-state index is 0.164. The topological polar surface area (TPSA) is 75.4 Å². The Labute approximate surface area is 126 Å². The molecule has 0 aliphatic heterocycles. The van der Waals surface area contributed by atoms with Gasteiger partial charge in [-0.15, -0.1) is 0 Å². The fourth-order valence-electron chi connectivity index (χ4n) is 1.86. The second-order valence-corrected chi connectivity index (χ2v) is 4.81. The number of aliphatic carboxylic acids is 1. The lowest BCUT2D eigenvalue weighted by atomic mass is 10.2. The minimum Gasteiger partial charge on any atom is -0.480 e. The molecule has 0 spiro atoms. The van der Waals surface area contributed by atoms with Gasteiger partial charge in [-0.05, 0) is 30.3 Å². The van der Waals surface area contributed by atoms with Gasteiger partial charge in [0.1, 0.15) is 6.54 Å². The number of benzene rings is 1. The molecule has 0 radical (unpaired) electrons. The molecule has 2 rings (SSSR count). The first kappa shape index (κ1) is 15.1. The lowest BCUT2D eigenvalue weighted by molar-refractivity contribution is -0.136. The maximum absolute atomic E-state index is 12.2. The Bertz CT molecular complexity index is 611. The van der Waals surface area contributed by atoms with Crippen LogP contribution in [0.15, 0.2) is 42.7 Å². The van der Waals surface area contributed by atoms with Crippen molar-refractivity contribution in [3.63, 3.8) is 0 Å². The van der Waals surface area contributed by atoms with E-state index in [0.717, 1.165) is 0 Å². The third-order valence-electron chi connectivity index (χ3n) is 2.85. The molecule has 21 heavy (non-hydrogen) atoms. The van der Waals surface area contributed by atoms with Crippen molar-refractivity contribution in [3.8, 4) is 0 Å². The molecule has 0 saturated carbocycles. The van der Waals surface area contributed by atoms with Gasteiger partial charge in [-0.3, -0.25) is 14.3 Å². The molecule has 0 saturated heterocycles. The predicted molar refractivity (Wildman–Crippen MR) is 78.3 cm³/mol. The van der Waals surface area contributed by atoms with Crippen molar-refractivity contribution in [1.82, 2.24) is 9.78 Å². The predicted octanol–water partition coefficient (Wildman–Crippen LogP) is 2.04. The van der Waals surface area contributed by atoms with Crippen LogP contribution >= 0.6 is 11.6 Å². The number of carbonyl (C=O) groups is 2. The van der Waals surface area contributed by atoms with Crippen LogP contribution in [0.1, 0.15) is 6.42 Å². The quantitative estimate of drug-likeness (QED) is 0.886. The average Bonchev–Trinajstić information content (AvgIpc) is 2.96. The summed E-state index contributed by atoms with van der Waals surface area (Å²) < 4.78 is 1.62. The highest BCUT2D eigenvalue weighted by molar-refractivity contribution is 6.30. The van der Waals surface area contributed by atoms with Gasteiger partial charge in [0.05, 0.1) is 0 Å². The molecule has 0 bridgehead atoms. The van der Waals surface area contributed by atoms with Gasteiger partial charge in [-0.1, -0.05) is 11.6 Å². The van der Waals surface area contributed by atoms with E-state index in [2.05, 4.69) is 5.10 Å². The van der Waals surface area contributed by atoms with Crippen LogP contribution in [0, 0.1) is 0 Å². The van der Waals surface area contributed by atoms with Crippen LogP contribution < -0.4 is 4.90 Å². The molecule has 2 aromatic rings. The minimum atomic E-state index is -1.07. The van der Waals surface area contributed by atoms with E-state index in [0.29, 0.717) is 17.3 Å². The first-order chi connectivity index (χ1) is 10.1. The molecule has 7 heteroatoms. The monoisotopic (exact) mass is 307 g/mol. The number of anilines is 1. The van der Waals surface area contributed by atoms with Crippen LogP contribution in [0.3, 0.4) is 0 Å². The van der Waals surface area contributed by atoms with Gasteiger partial charge < -0.3 is 10.0 Å². The van der Waals surface area contributed by atoms with E-state index in [-0.39, 0.29) is 18.9 Å². The Morgan fingerprint density at radius 2 is 2.00 bits per heavy atom. The summed E-state index contributed by atoms with van der Waals surface area (Å²) in [6.45, 7) is 0.00904. The molecule has 0 unspecified atom stereocenters. The van der Waals surface area contributed by atoms with Crippen molar-refractivity contribution < 1.29 is 14.7 Å². The zero-order valence-electron chi connectivity index (χ0n) is 11.1. The number of aryl methyl sites for hydroxylation is 1. The van der Waals surface area contributed by atoms with E-state index >= 15 is 0 Å². The highest BCUT2D eigenvalue weighted by Crippen LogP contribution is 2.18. The van der Waals surface area contributed by atoms with Crippen molar-refractivity contribution in [3.05, 3.63) is 47.7 Å². The molecule has 1 aromatic carbocycles. The van der Waals surface area contributed by atoms with E-state index < -0.39 is 5.97 Å². The van der Waals surface area contributed by atoms with Gasteiger partial charge >= 0.3 is 5.97 Å². The number of halogens is 1. The summed E-state index contributed by atoms with van der Waals surface area (Å²) in [5, 5.41) is 13.5. The Kier molecular flexibility index (Phi) is 4.94. The number of nitrogens with zero attached hydrogens (tertiary/aromatic N) is 3. The number of aromatic nitrogens is 2. The average molecular weight is 308 g/mol. The number of amides is 1. The van der Waals surface area contributed by atoms with Gasteiger partial charge in [0.2, 0.25) is 5.91 Å². The SMILES string of the molecule is O=C(O)CN(C(=O)CCn1cccn1)c1ccc(Cl)cc1. The summed E-state index contributed by atoms with van der Waals surface area (Å²) in [7, 11) is 0. The molecule has 1 amide bonds. The van der Waals surface area contributed by atoms with Crippen LogP contribution in [0.5, 0.6) is 0 Å². The second kappa shape index (κ2) is 6.90. The largest absolute Gasteiger partial charge is 0.480 e. The highest BCUT2D eigenvalue weighted by atomic mass is 35.5. The molecule has 0 atom stereocenters. The summed E-state index contributed by atoms with van der Waals surface area (Å²) in [6, 6.07) is 8.24. The molecular formula is C14H14ClN3O3. The molecule has 6 nitrogen and oxygen atoms in total. The number of rotatable bonds is 6. The van der Waals surface area contributed by atoms with Crippen LogP contribution in [0.4, 0.5) is 5.69 Å². The summed E-state index contributed by atoms with van der Waals surface area (Å²) in [5.74, 6) is -1.35. The van der Waals surface area contributed by atoms with Gasteiger partial charge in [-0.2, -0.15) is 5.10 Å². The zero-order valence-corrected chi connectivity index (χ0v) is 11.9. The fourth-order valence-corrected chi connectivity index (χ4v) is 1.98. The van der Waals surface area contributed by atoms with E-state index in [1.807, 2.05) is 0 Å². The lowest BCUT2D eigenvalue weighted by Gasteiger charge is -2.21. The Balaban J connectivity index is 2.09. The van der Waals surface area contributed by atoms with Crippen molar-refractivity contribution in [2.24, 2.45) is 0 Å². The van der Waals surface area contributed by atoms with Crippen molar-refractivity contribution in [2.75, 3.05) is 11.4 Å². The van der Waals surface area contributed by atoms with Gasteiger partial charge in [0, 0.05) is 36.1 Å². The maximum Gasteiger partial charge on any atom is 0.323 e. The van der Waals surface area contributed by atoms with Crippen molar-refractivity contribution >= 4 is 29.2 Å². The van der Waals surface area contributed by atoms with E-state index in [4.69, 9.17) is 16.7 Å². The van der Waals surface area contributed by atoms with Gasteiger partial charge in [0.25, 0.3) is 0 Å². The molecule has 0 aliphatic carbocycles. The highest BCUT2D eigenvalue weighted by Gasteiger charge is 2.18. The summed E-state index contributed by atoms with van der Waals surface area (Å²) >= 11 is 5.80. The van der Waals surface area contributed by atoms with E-state index in [1.54, 1.807) is 47.4 Å². The third kappa shape index (κ3) is 4.32. The third-order valence-corrected chi connectivity index (χ3v) is 3.10. The Morgan fingerprint density at radius 1 is 1.29 bits per heavy atom. The van der Waals surface area contributed by atoms with Gasteiger partial charge in [-0.25, -0.2) is 0 Å². The lowest BCUT2D eigenvalue weighted by Crippen LogP contribution is -2.36. The Morgan fingerprint density at radius 3 is 2.57 bits per heavy atom. The van der Waals surface area contributed by atoms with E-state index in [1.165, 1.54) is 4.90 Å². The van der Waals surface area contributed by atoms with Crippen molar-refractivity contribution in [2.45, 2.75) is 13.0 Å².